The zero-order valence-electron chi connectivity index (χ0n) is 15.1. The Balaban J connectivity index is 1.58. The first-order valence-corrected chi connectivity index (χ1v) is 9.76. The van der Waals surface area contributed by atoms with E-state index >= 15 is 0 Å². The maximum atomic E-state index is 12.5. The Morgan fingerprint density at radius 2 is 1.96 bits per heavy atom. The van der Waals surface area contributed by atoms with E-state index in [4.69, 9.17) is 4.74 Å². The zero-order chi connectivity index (χ0) is 18.5. The minimum atomic E-state index is -0.246. The molecule has 0 radical (unpaired) electrons. The van der Waals surface area contributed by atoms with Crippen LogP contribution in [0.3, 0.4) is 0 Å². The average Bonchev–Trinajstić information content (AvgIpc) is 2.97. The Hall–Kier alpha value is -2.06. The quantitative estimate of drug-likeness (QED) is 0.774. The number of benzene rings is 1. The highest BCUT2D eigenvalue weighted by Crippen LogP contribution is 2.17. The molecule has 8 heteroatoms. The summed E-state index contributed by atoms with van der Waals surface area (Å²) in [6.07, 6.45) is 0.824. The number of H-pyrrole nitrogens is 1. The molecule has 1 aromatic heterocycles. The first-order valence-electron chi connectivity index (χ1n) is 8.78. The van der Waals surface area contributed by atoms with Gasteiger partial charge in [0.1, 0.15) is 0 Å². The summed E-state index contributed by atoms with van der Waals surface area (Å²) in [5, 5.41) is 7.10. The van der Waals surface area contributed by atoms with Crippen LogP contribution in [0.2, 0.25) is 0 Å². The number of ether oxygens (including phenoxy) is 1. The maximum Gasteiger partial charge on any atom is 0.343 e. The van der Waals surface area contributed by atoms with E-state index in [2.05, 4.69) is 10.2 Å². The van der Waals surface area contributed by atoms with E-state index in [1.165, 1.54) is 11.8 Å². The molecule has 0 saturated carbocycles. The Labute approximate surface area is 156 Å². The van der Waals surface area contributed by atoms with Gasteiger partial charge in [-0.3, -0.25) is 9.36 Å². The van der Waals surface area contributed by atoms with Gasteiger partial charge in [0.05, 0.1) is 18.0 Å². The number of rotatable bonds is 6. The molecule has 1 aliphatic rings. The topological polar surface area (TPSA) is 80.2 Å². The van der Waals surface area contributed by atoms with Gasteiger partial charge in [-0.1, -0.05) is 42.1 Å². The summed E-state index contributed by atoms with van der Waals surface area (Å²) in [7, 11) is 0. The van der Waals surface area contributed by atoms with E-state index in [0.717, 1.165) is 12.0 Å². The van der Waals surface area contributed by atoms with Gasteiger partial charge >= 0.3 is 5.69 Å². The van der Waals surface area contributed by atoms with Crippen molar-refractivity contribution in [1.29, 1.82) is 0 Å². The Kier molecular flexibility index (Phi) is 6.16. The second-order valence-electron chi connectivity index (χ2n) is 6.54. The third-order valence-corrected chi connectivity index (χ3v) is 5.25. The van der Waals surface area contributed by atoms with E-state index in [1.54, 1.807) is 4.57 Å². The van der Waals surface area contributed by atoms with Crippen molar-refractivity contribution in [2.45, 2.75) is 44.2 Å². The molecule has 0 aliphatic carbocycles. The molecule has 0 spiro atoms. The molecule has 0 unspecified atom stereocenters. The highest BCUT2D eigenvalue weighted by molar-refractivity contribution is 7.99. The highest BCUT2D eigenvalue weighted by atomic mass is 32.2. The lowest BCUT2D eigenvalue weighted by atomic mass is 10.1. The van der Waals surface area contributed by atoms with Gasteiger partial charge < -0.3 is 9.64 Å². The maximum absolute atomic E-state index is 12.5. The van der Waals surface area contributed by atoms with Crippen molar-refractivity contribution in [2.24, 2.45) is 0 Å². The number of carbonyl (C=O) groups excluding carboxylic acids is 1. The van der Waals surface area contributed by atoms with E-state index in [1.807, 2.05) is 49.1 Å². The van der Waals surface area contributed by atoms with Crippen molar-refractivity contribution in [1.82, 2.24) is 19.7 Å². The third-order valence-electron chi connectivity index (χ3n) is 4.29. The molecule has 26 heavy (non-hydrogen) atoms. The molecule has 2 atom stereocenters. The van der Waals surface area contributed by atoms with Crippen LogP contribution < -0.4 is 5.69 Å². The van der Waals surface area contributed by atoms with Crippen LogP contribution in [0.25, 0.3) is 0 Å². The van der Waals surface area contributed by atoms with E-state index < -0.39 is 0 Å². The second-order valence-corrected chi connectivity index (χ2v) is 7.49. The molecule has 1 N–H and O–H groups in total. The molecule has 1 aromatic carbocycles. The number of carbonyl (C=O) groups is 1. The number of nitrogens with zero attached hydrogens (tertiary/aromatic N) is 3. The molecule has 7 nitrogen and oxygen atoms in total. The Morgan fingerprint density at radius 3 is 2.65 bits per heavy atom. The molecule has 140 valence electrons. The van der Waals surface area contributed by atoms with Crippen LogP contribution in [-0.4, -0.2) is 56.6 Å². The fraction of sp³-hybridized carbons (Fsp3) is 0.500. The summed E-state index contributed by atoms with van der Waals surface area (Å²) >= 11 is 1.30. The van der Waals surface area contributed by atoms with Crippen LogP contribution in [0, 0.1) is 0 Å². The van der Waals surface area contributed by atoms with Gasteiger partial charge in [0, 0.05) is 19.6 Å². The van der Waals surface area contributed by atoms with Gasteiger partial charge in [-0.25, -0.2) is 9.89 Å². The molecule has 0 bridgehead atoms. The van der Waals surface area contributed by atoms with E-state index in [0.29, 0.717) is 24.8 Å². The fourth-order valence-corrected chi connectivity index (χ4v) is 3.97. The predicted octanol–water partition coefficient (Wildman–Crippen LogP) is 1.54. The van der Waals surface area contributed by atoms with Crippen molar-refractivity contribution in [3.8, 4) is 0 Å². The van der Waals surface area contributed by atoms with Crippen LogP contribution in [0.5, 0.6) is 0 Å². The van der Waals surface area contributed by atoms with Crippen LogP contribution in [0.4, 0.5) is 0 Å². The highest BCUT2D eigenvalue weighted by Gasteiger charge is 2.26. The van der Waals surface area contributed by atoms with Gasteiger partial charge in [0.15, 0.2) is 5.16 Å². The van der Waals surface area contributed by atoms with Gasteiger partial charge in [0.25, 0.3) is 0 Å². The van der Waals surface area contributed by atoms with E-state index in [-0.39, 0.29) is 29.6 Å². The average molecular weight is 376 g/mol. The Bertz CT molecular complexity index is 779. The Morgan fingerprint density at radius 1 is 1.27 bits per heavy atom. The zero-order valence-corrected chi connectivity index (χ0v) is 15.9. The number of hydrogen-bond donors (Lipinski definition) is 1. The number of aromatic amines is 1. The molecular formula is C18H24N4O3S. The summed E-state index contributed by atoms with van der Waals surface area (Å²) in [6.45, 7) is 5.67. The second kappa shape index (κ2) is 8.55. The summed E-state index contributed by atoms with van der Waals surface area (Å²) < 4.78 is 7.26. The number of hydrogen-bond acceptors (Lipinski definition) is 5. The van der Waals surface area contributed by atoms with Crippen LogP contribution >= 0.6 is 11.8 Å². The van der Waals surface area contributed by atoms with Crippen LogP contribution in [-0.2, 0) is 22.5 Å². The smallest absolute Gasteiger partial charge is 0.343 e. The van der Waals surface area contributed by atoms with Gasteiger partial charge in [0.2, 0.25) is 5.91 Å². The molecule has 1 saturated heterocycles. The summed E-state index contributed by atoms with van der Waals surface area (Å²) in [6, 6.07) is 9.98. The third kappa shape index (κ3) is 4.76. The van der Waals surface area contributed by atoms with Gasteiger partial charge in [-0.2, -0.15) is 0 Å². The number of morpholine rings is 1. The van der Waals surface area contributed by atoms with Crippen LogP contribution in [0.15, 0.2) is 40.3 Å². The number of aryl methyl sites for hydroxylation is 1. The van der Waals surface area contributed by atoms with Gasteiger partial charge in [-0.15, -0.1) is 5.10 Å². The van der Waals surface area contributed by atoms with Crippen molar-refractivity contribution >= 4 is 17.7 Å². The SMILES string of the molecule is C[C@@H]1CN(C(=O)CSc2n[nH]c(=O)n2CCc2ccccc2)C[C@@H](C)O1. The van der Waals surface area contributed by atoms with E-state index in [9.17, 15) is 9.59 Å². The number of nitrogens with one attached hydrogen (secondary N) is 1. The lowest BCUT2D eigenvalue weighted by molar-refractivity contribution is -0.140. The molecular weight excluding hydrogens is 352 g/mol. The molecule has 2 aromatic rings. The van der Waals surface area contributed by atoms with Crippen molar-refractivity contribution in [3.63, 3.8) is 0 Å². The number of aromatic nitrogens is 3. The van der Waals surface area contributed by atoms with Crippen molar-refractivity contribution in [2.75, 3.05) is 18.8 Å². The molecule has 1 fully saturated rings. The van der Waals surface area contributed by atoms with Crippen molar-refractivity contribution < 1.29 is 9.53 Å². The first-order chi connectivity index (χ1) is 12.5. The largest absolute Gasteiger partial charge is 0.372 e. The monoisotopic (exact) mass is 376 g/mol. The fourth-order valence-electron chi connectivity index (χ4n) is 3.10. The standard InChI is InChI=1S/C18H24N4O3S/c1-13-10-21(11-14(2)25-13)16(23)12-26-18-20-19-17(24)22(18)9-8-15-6-4-3-5-7-15/h3-7,13-14H,8-12H2,1-2H3,(H,19,24)/t13-,14-/m1/s1. The molecule has 1 aliphatic heterocycles. The molecule has 1 amide bonds. The van der Waals surface area contributed by atoms with Crippen molar-refractivity contribution in [3.05, 3.63) is 46.4 Å². The minimum Gasteiger partial charge on any atom is -0.372 e. The summed E-state index contributed by atoms with van der Waals surface area (Å²) in [4.78, 5) is 26.3. The lowest BCUT2D eigenvalue weighted by Crippen LogP contribution is -2.48. The van der Waals surface area contributed by atoms with Crippen LogP contribution in [0.1, 0.15) is 19.4 Å². The first kappa shape index (κ1) is 18.7. The summed E-state index contributed by atoms with van der Waals surface area (Å²) in [5.74, 6) is 0.303. The lowest BCUT2D eigenvalue weighted by Gasteiger charge is -2.35. The predicted molar refractivity (Wildman–Crippen MR) is 100 cm³/mol. The minimum absolute atomic E-state index is 0.0436. The molecule has 3 rings (SSSR count). The number of thioether (sulfide) groups is 1. The molecule has 2 heterocycles. The normalized spacial score (nSPS) is 20.3. The number of amides is 1. The van der Waals surface area contributed by atoms with Gasteiger partial charge in [-0.05, 0) is 25.8 Å². The summed E-state index contributed by atoms with van der Waals surface area (Å²) in [5.41, 5.74) is 0.911.